The second kappa shape index (κ2) is 6.11. The molecule has 1 unspecified atom stereocenters. The molecule has 1 heterocycles. The zero-order valence-corrected chi connectivity index (χ0v) is 13.3. The van der Waals surface area contributed by atoms with Gasteiger partial charge in [0.15, 0.2) is 9.84 Å². The predicted octanol–water partition coefficient (Wildman–Crippen LogP) is 0.611. The Morgan fingerprint density at radius 1 is 1.30 bits per heavy atom. The third kappa shape index (κ3) is 4.47. The molecule has 0 bridgehead atoms. The first kappa shape index (κ1) is 16.9. The van der Waals surface area contributed by atoms with Gasteiger partial charge in [0.05, 0.1) is 25.0 Å². The zero-order valence-electron chi connectivity index (χ0n) is 12.5. The number of methoxy groups -OCH3 is 1. The molecule has 0 aromatic rings. The van der Waals surface area contributed by atoms with Gasteiger partial charge in [-0.05, 0) is 6.42 Å². The SMILES string of the molecule is COC(=O)CCN(C(=O)C(C)(C)C)C1CCS(=O)(=O)C1. The lowest BCUT2D eigenvalue weighted by Gasteiger charge is -2.33. The standard InChI is InChI=1S/C13H23NO5S/c1-13(2,3)12(16)14(7-5-11(15)19-4)10-6-8-20(17,18)9-10/h10H,5-9H2,1-4H3. The number of hydrogen-bond acceptors (Lipinski definition) is 5. The summed E-state index contributed by atoms with van der Waals surface area (Å²) in [5.74, 6) is -0.458. The number of hydrogen-bond donors (Lipinski definition) is 0. The minimum Gasteiger partial charge on any atom is -0.469 e. The molecule has 1 fully saturated rings. The molecule has 1 atom stereocenters. The van der Waals surface area contributed by atoms with Crippen LogP contribution in [0, 0.1) is 5.41 Å². The van der Waals surface area contributed by atoms with E-state index in [1.807, 2.05) is 0 Å². The van der Waals surface area contributed by atoms with Crippen molar-refractivity contribution in [3.63, 3.8) is 0 Å². The van der Waals surface area contributed by atoms with Gasteiger partial charge in [-0.2, -0.15) is 0 Å². The average molecular weight is 305 g/mol. The van der Waals surface area contributed by atoms with Crippen molar-refractivity contribution in [3.05, 3.63) is 0 Å². The van der Waals surface area contributed by atoms with Gasteiger partial charge in [-0.15, -0.1) is 0 Å². The van der Waals surface area contributed by atoms with Crippen molar-refractivity contribution in [2.75, 3.05) is 25.2 Å². The van der Waals surface area contributed by atoms with Crippen molar-refractivity contribution in [1.29, 1.82) is 0 Å². The number of carbonyl (C=O) groups excluding carboxylic acids is 2. The quantitative estimate of drug-likeness (QED) is 0.711. The second-order valence-corrected chi connectivity index (χ2v) is 8.36. The summed E-state index contributed by atoms with van der Waals surface area (Å²) < 4.78 is 27.7. The molecule has 116 valence electrons. The highest BCUT2D eigenvalue weighted by atomic mass is 32.2. The fraction of sp³-hybridized carbons (Fsp3) is 0.846. The number of nitrogens with zero attached hydrogens (tertiary/aromatic N) is 1. The summed E-state index contributed by atoms with van der Waals surface area (Å²) >= 11 is 0. The van der Waals surface area contributed by atoms with Gasteiger partial charge in [-0.3, -0.25) is 9.59 Å². The summed E-state index contributed by atoms with van der Waals surface area (Å²) in [5, 5.41) is 0. The fourth-order valence-corrected chi connectivity index (χ4v) is 3.95. The van der Waals surface area contributed by atoms with Gasteiger partial charge in [-0.1, -0.05) is 20.8 Å². The van der Waals surface area contributed by atoms with Crippen LogP contribution in [-0.4, -0.2) is 56.4 Å². The number of carbonyl (C=O) groups is 2. The van der Waals surface area contributed by atoms with Gasteiger partial charge in [0.25, 0.3) is 0 Å². The lowest BCUT2D eigenvalue weighted by Crippen LogP contribution is -2.47. The Balaban J connectivity index is 2.85. The van der Waals surface area contributed by atoms with E-state index in [2.05, 4.69) is 4.74 Å². The van der Waals surface area contributed by atoms with Crippen molar-refractivity contribution < 1.29 is 22.7 Å². The molecule has 0 saturated carbocycles. The van der Waals surface area contributed by atoms with Crippen LogP contribution in [0.4, 0.5) is 0 Å². The molecule has 20 heavy (non-hydrogen) atoms. The topological polar surface area (TPSA) is 80.8 Å². The van der Waals surface area contributed by atoms with Crippen molar-refractivity contribution in [1.82, 2.24) is 4.90 Å². The highest BCUT2D eigenvalue weighted by molar-refractivity contribution is 7.91. The molecule has 1 saturated heterocycles. The molecule has 0 N–H and O–H groups in total. The summed E-state index contributed by atoms with van der Waals surface area (Å²) in [6.07, 6.45) is 0.514. The lowest BCUT2D eigenvalue weighted by molar-refractivity contribution is -0.145. The molecule has 7 heteroatoms. The van der Waals surface area contributed by atoms with E-state index in [-0.39, 0.29) is 36.4 Å². The zero-order chi connectivity index (χ0) is 15.6. The van der Waals surface area contributed by atoms with Gasteiger partial charge < -0.3 is 9.64 Å². The number of esters is 1. The summed E-state index contributed by atoms with van der Waals surface area (Å²) in [7, 11) is -1.78. The molecule has 1 aliphatic heterocycles. The summed E-state index contributed by atoms with van der Waals surface area (Å²) in [4.78, 5) is 25.2. The van der Waals surface area contributed by atoms with E-state index in [9.17, 15) is 18.0 Å². The van der Waals surface area contributed by atoms with Gasteiger partial charge in [0.1, 0.15) is 0 Å². The molecule has 0 aromatic heterocycles. The van der Waals surface area contributed by atoms with Crippen LogP contribution in [0.1, 0.15) is 33.6 Å². The molecule has 0 radical (unpaired) electrons. The van der Waals surface area contributed by atoms with E-state index in [0.717, 1.165) is 0 Å². The van der Waals surface area contributed by atoms with Crippen molar-refractivity contribution >= 4 is 21.7 Å². The Bertz CT molecular complexity index is 477. The third-order valence-electron chi connectivity index (χ3n) is 3.34. The molecule has 1 aliphatic rings. The highest BCUT2D eigenvalue weighted by Crippen LogP contribution is 2.24. The van der Waals surface area contributed by atoms with E-state index >= 15 is 0 Å². The second-order valence-electron chi connectivity index (χ2n) is 6.13. The first-order chi connectivity index (χ1) is 9.07. The first-order valence-electron chi connectivity index (χ1n) is 6.65. The number of ether oxygens (including phenoxy) is 1. The largest absolute Gasteiger partial charge is 0.469 e. The van der Waals surface area contributed by atoms with Crippen LogP contribution in [0.2, 0.25) is 0 Å². The van der Waals surface area contributed by atoms with Crippen LogP contribution in [0.15, 0.2) is 0 Å². The summed E-state index contributed by atoms with van der Waals surface area (Å²) in [6, 6.07) is -0.337. The normalized spacial score (nSPS) is 21.5. The first-order valence-corrected chi connectivity index (χ1v) is 8.47. The molecule has 0 aliphatic carbocycles. The maximum atomic E-state index is 12.4. The molecular weight excluding hydrogens is 282 g/mol. The van der Waals surface area contributed by atoms with Crippen molar-refractivity contribution in [2.45, 2.75) is 39.7 Å². The third-order valence-corrected chi connectivity index (χ3v) is 5.09. The highest BCUT2D eigenvalue weighted by Gasteiger charge is 2.38. The fourth-order valence-electron chi connectivity index (χ4n) is 2.22. The van der Waals surface area contributed by atoms with E-state index < -0.39 is 21.2 Å². The summed E-state index contributed by atoms with van der Waals surface area (Å²) in [6.45, 7) is 5.54. The monoisotopic (exact) mass is 305 g/mol. The van der Waals surface area contributed by atoms with E-state index in [1.165, 1.54) is 12.0 Å². The van der Waals surface area contributed by atoms with Crippen LogP contribution in [0.25, 0.3) is 0 Å². The van der Waals surface area contributed by atoms with Crippen molar-refractivity contribution in [2.24, 2.45) is 5.41 Å². The Morgan fingerprint density at radius 3 is 2.30 bits per heavy atom. The van der Waals surface area contributed by atoms with E-state index in [1.54, 1.807) is 20.8 Å². The van der Waals surface area contributed by atoms with Crippen LogP contribution >= 0.6 is 0 Å². The smallest absolute Gasteiger partial charge is 0.307 e. The van der Waals surface area contributed by atoms with Crippen LogP contribution in [-0.2, 0) is 24.2 Å². The average Bonchev–Trinajstić information content (AvgIpc) is 2.68. The van der Waals surface area contributed by atoms with Crippen LogP contribution < -0.4 is 0 Å². The molecule has 0 aromatic carbocycles. The van der Waals surface area contributed by atoms with Gasteiger partial charge in [-0.25, -0.2) is 8.42 Å². The number of amides is 1. The summed E-state index contributed by atoms with van der Waals surface area (Å²) in [5.41, 5.74) is -0.609. The van der Waals surface area contributed by atoms with Gasteiger partial charge in [0.2, 0.25) is 5.91 Å². The van der Waals surface area contributed by atoms with Gasteiger partial charge in [0, 0.05) is 18.0 Å². The molecule has 1 amide bonds. The van der Waals surface area contributed by atoms with Crippen LogP contribution in [0.5, 0.6) is 0 Å². The van der Waals surface area contributed by atoms with Crippen LogP contribution in [0.3, 0.4) is 0 Å². The lowest BCUT2D eigenvalue weighted by atomic mass is 9.93. The maximum Gasteiger partial charge on any atom is 0.307 e. The van der Waals surface area contributed by atoms with E-state index in [4.69, 9.17) is 0 Å². The molecule has 1 rings (SSSR count). The Labute approximate surface area is 120 Å². The predicted molar refractivity (Wildman–Crippen MR) is 74.9 cm³/mol. The van der Waals surface area contributed by atoms with Gasteiger partial charge >= 0.3 is 5.97 Å². The molecule has 6 nitrogen and oxygen atoms in total. The van der Waals surface area contributed by atoms with Crippen molar-refractivity contribution in [3.8, 4) is 0 Å². The number of rotatable bonds is 4. The Kier molecular flexibility index (Phi) is 5.18. The molecular formula is C13H23NO5S. The molecule has 0 spiro atoms. The Hall–Kier alpha value is -1.11. The Morgan fingerprint density at radius 2 is 1.90 bits per heavy atom. The number of sulfone groups is 1. The maximum absolute atomic E-state index is 12.4. The van der Waals surface area contributed by atoms with E-state index in [0.29, 0.717) is 6.42 Å². The minimum absolute atomic E-state index is 0.0179. The minimum atomic E-state index is -3.07.